The number of carbonyl (C=O) groups is 2. The summed E-state index contributed by atoms with van der Waals surface area (Å²) in [6.07, 6.45) is 1.74. The summed E-state index contributed by atoms with van der Waals surface area (Å²) in [5.41, 5.74) is 2.30. The predicted molar refractivity (Wildman–Crippen MR) is 114 cm³/mol. The van der Waals surface area contributed by atoms with Gasteiger partial charge in [0.25, 0.3) is 0 Å². The van der Waals surface area contributed by atoms with E-state index in [1.807, 2.05) is 24.3 Å². The Morgan fingerprint density at radius 3 is 2.63 bits per heavy atom. The zero-order valence-corrected chi connectivity index (χ0v) is 17.7. The van der Waals surface area contributed by atoms with E-state index < -0.39 is 6.23 Å². The second-order valence-corrected chi connectivity index (χ2v) is 7.86. The first-order valence-corrected chi connectivity index (χ1v) is 10.6. The number of carbonyl (C=O) groups excluding carboxylic acids is 2. The van der Waals surface area contributed by atoms with E-state index in [9.17, 15) is 9.59 Å². The number of ether oxygens (including phenoxy) is 1. The molecule has 2 aromatic heterocycles. The molecule has 1 aliphatic heterocycles. The van der Waals surface area contributed by atoms with Gasteiger partial charge in [-0.05, 0) is 24.6 Å². The average molecular weight is 423 g/mol. The van der Waals surface area contributed by atoms with Crippen molar-refractivity contribution in [1.29, 1.82) is 0 Å². The Bertz CT molecular complexity index is 1110. The number of rotatable bonds is 4. The van der Waals surface area contributed by atoms with Gasteiger partial charge in [0.1, 0.15) is 0 Å². The van der Waals surface area contributed by atoms with Crippen LogP contribution in [0.4, 0.5) is 5.69 Å². The first-order chi connectivity index (χ1) is 14.5. The molecule has 0 radical (unpaired) electrons. The standard InChI is InChI=1S/C21H21N5O3S/c1-4-12-30-21-22-19-18(23-24-21)15-8-5-6-9-16(15)26(14(3)28)20(29-19)17-10-7-11-25(17)13(2)27/h5-11,20H,4,12H2,1-3H3. The molecule has 8 nitrogen and oxygen atoms in total. The van der Waals surface area contributed by atoms with Crippen molar-refractivity contribution in [2.24, 2.45) is 0 Å². The lowest BCUT2D eigenvalue weighted by molar-refractivity contribution is -0.118. The summed E-state index contributed by atoms with van der Waals surface area (Å²) in [7, 11) is 0. The van der Waals surface area contributed by atoms with E-state index in [2.05, 4.69) is 22.1 Å². The molecule has 0 fully saturated rings. The number of para-hydroxylation sites is 1. The van der Waals surface area contributed by atoms with E-state index in [1.54, 1.807) is 18.3 Å². The fourth-order valence-electron chi connectivity index (χ4n) is 3.38. The zero-order chi connectivity index (χ0) is 21.3. The van der Waals surface area contributed by atoms with Crippen molar-refractivity contribution in [3.63, 3.8) is 0 Å². The molecule has 1 atom stereocenters. The van der Waals surface area contributed by atoms with Gasteiger partial charge in [0.2, 0.25) is 29.1 Å². The monoisotopic (exact) mass is 423 g/mol. The fraction of sp³-hybridized carbons (Fsp3) is 0.286. The Kier molecular flexibility index (Phi) is 5.54. The first kappa shape index (κ1) is 20.1. The van der Waals surface area contributed by atoms with E-state index in [1.165, 1.54) is 35.1 Å². The Hall–Kier alpha value is -3.20. The molecule has 0 saturated heterocycles. The summed E-state index contributed by atoms with van der Waals surface area (Å²) >= 11 is 1.49. The van der Waals surface area contributed by atoms with Crippen molar-refractivity contribution in [3.8, 4) is 17.1 Å². The smallest absolute Gasteiger partial charge is 0.247 e. The highest BCUT2D eigenvalue weighted by atomic mass is 32.2. The van der Waals surface area contributed by atoms with Crippen molar-refractivity contribution >= 4 is 29.3 Å². The van der Waals surface area contributed by atoms with Crippen LogP contribution in [-0.4, -0.2) is 37.3 Å². The lowest BCUT2D eigenvalue weighted by Crippen LogP contribution is -2.37. The number of anilines is 1. The summed E-state index contributed by atoms with van der Waals surface area (Å²) < 4.78 is 7.74. The van der Waals surface area contributed by atoms with Crippen molar-refractivity contribution in [1.82, 2.24) is 19.7 Å². The molecule has 0 aliphatic carbocycles. The predicted octanol–water partition coefficient (Wildman–Crippen LogP) is 3.95. The fourth-order valence-corrected chi connectivity index (χ4v) is 4.01. The van der Waals surface area contributed by atoms with Crippen LogP contribution in [0.2, 0.25) is 0 Å². The van der Waals surface area contributed by atoms with Crippen LogP contribution in [0.3, 0.4) is 0 Å². The molecule has 0 N–H and O–H groups in total. The SMILES string of the molecule is CCCSc1nnc2c(n1)OC(c1cccn1C(C)=O)N(C(C)=O)c1ccccc1-2. The lowest BCUT2D eigenvalue weighted by Gasteiger charge is -2.30. The van der Waals surface area contributed by atoms with Gasteiger partial charge >= 0.3 is 0 Å². The highest BCUT2D eigenvalue weighted by molar-refractivity contribution is 7.99. The van der Waals surface area contributed by atoms with Crippen LogP contribution in [0.5, 0.6) is 5.88 Å². The number of thioether (sulfide) groups is 1. The second-order valence-electron chi connectivity index (χ2n) is 6.80. The van der Waals surface area contributed by atoms with E-state index in [-0.39, 0.29) is 17.7 Å². The normalized spacial score (nSPS) is 15.0. The number of fused-ring (bicyclic) bond motifs is 3. The third kappa shape index (κ3) is 3.56. The Labute approximate surface area is 178 Å². The largest absolute Gasteiger partial charge is 0.445 e. The molecule has 4 rings (SSSR count). The molecule has 0 spiro atoms. The van der Waals surface area contributed by atoms with Crippen molar-refractivity contribution in [2.45, 2.75) is 38.6 Å². The maximum atomic E-state index is 12.8. The van der Waals surface area contributed by atoms with E-state index in [4.69, 9.17) is 4.74 Å². The highest BCUT2D eigenvalue weighted by Gasteiger charge is 2.36. The molecule has 0 bridgehead atoms. The third-order valence-electron chi connectivity index (χ3n) is 4.66. The van der Waals surface area contributed by atoms with Gasteiger partial charge in [-0.2, -0.15) is 4.98 Å². The van der Waals surface area contributed by atoms with Gasteiger partial charge in [-0.3, -0.25) is 19.1 Å². The summed E-state index contributed by atoms with van der Waals surface area (Å²) in [5.74, 6) is 0.721. The Morgan fingerprint density at radius 2 is 1.90 bits per heavy atom. The van der Waals surface area contributed by atoms with E-state index >= 15 is 0 Å². The van der Waals surface area contributed by atoms with Crippen LogP contribution >= 0.6 is 11.8 Å². The lowest BCUT2D eigenvalue weighted by atomic mass is 10.1. The van der Waals surface area contributed by atoms with Gasteiger partial charge in [-0.25, -0.2) is 0 Å². The van der Waals surface area contributed by atoms with Crippen LogP contribution < -0.4 is 9.64 Å². The number of hydrogen-bond donors (Lipinski definition) is 0. The molecule has 3 heterocycles. The summed E-state index contributed by atoms with van der Waals surface area (Å²) in [5, 5.41) is 9.11. The minimum absolute atomic E-state index is 0.181. The van der Waals surface area contributed by atoms with Gasteiger partial charge in [0, 0.05) is 31.4 Å². The molecule has 1 aliphatic rings. The van der Waals surface area contributed by atoms with Crippen molar-refractivity contribution in [3.05, 3.63) is 48.3 Å². The number of amides is 1. The van der Waals surface area contributed by atoms with E-state index in [0.29, 0.717) is 27.8 Å². The minimum atomic E-state index is -0.885. The van der Waals surface area contributed by atoms with Gasteiger partial charge in [0.05, 0.1) is 11.4 Å². The van der Waals surface area contributed by atoms with E-state index in [0.717, 1.165) is 12.2 Å². The summed E-state index contributed by atoms with van der Waals surface area (Å²) in [4.78, 5) is 31.0. The molecule has 1 unspecified atom stereocenters. The minimum Gasteiger partial charge on any atom is -0.445 e. The zero-order valence-electron chi connectivity index (χ0n) is 16.9. The topological polar surface area (TPSA) is 90.2 Å². The van der Waals surface area contributed by atoms with Crippen molar-refractivity contribution < 1.29 is 14.3 Å². The van der Waals surface area contributed by atoms with Gasteiger partial charge in [-0.15, -0.1) is 10.2 Å². The van der Waals surface area contributed by atoms with Crippen LogP contribution in [0.1, 0.15) is 43.9 Å². The second kappa shape index (κ2) is 8.27. The molecule has 0 saturated carbocycles. The summed E-state index contributed by atoms with van der Waals surface area (Å²) in [6.45, 7) is 5.00. The average Bonchev–Trinajstić information content (AvgIpc) is 3.17. The summed E-state index contributed by atoms with van der Waals surface area (Å²) in [6, 6.07) is 10.9. The van der Waals surface area contributed by atoms with Gasteiger partial charge in [-0.1, -0.05) is 36.9 Å². The van der Waals surface area contributed by atoms with Crippen LogP contribution in [0, 0.1) is 0 Å². The van der Waals surface area contributed by atoms with Crippen LogP contribution in [0.15, 0.2) is 47.8 Å². The molecule has 9 heteroatoms. The van der Waals surface area contributed by atoms with Gasteiger partial charge in [0.15, 0.2) is 5.69 Å². The highest BCUT2D eigenvalue weighted by Crippen LogP contribution is 2.43. The Morgan fingerprint density at radius 1 is 1.10 bits per heavy atom. The van der Waals surface area contributed by atoms with Crippen LogP contribution in [0.25, 0.3) is 11.3 Å². The third-order valence-corrected chi connectivity index (χ3v) is 5.70. The Balaban J connectivity index is 1.93. The number of benzene rings is 1. The van der Waals surface area contributed by atoms with Crippen LogP contribution in [-0.2, 0) is 4.79 Å². The number of nitrogens with zero attached hydrogens (tertiary/aromatic N) is 5. The molecule has 1 amide bonds. The van der Waals surface area contributed by atoms with Crippen molar-refractivity contribution in [2.75, 3.05) is 10.7 Å². The molecule has 154 valence electrons. The molecular weight excluding hydrogens is 402 g/mol. The number of aromatic nitrogens is 4. The molecule has 1 aromatic carbocycles. The maximum absolute atomic E-state index is 12.8. The number of hydrogen-bond acceptors (Lipinski definition) is 7. The molecule has 30 heavy (non-hydrogen) atoms. The molecule has 3 aromatic rings. The maximum Gasteiger partial charge on any atom is 0.247 e. The van der Waals surface area contributed by atoms with Gasteiger partial charge < -0.3 is 4.74 Å². The molecular formula is C21H21N5O3S. The quantitative estimate of drug-likeness (QED) is 0.587. The first-order valence-electron chi connectivity index (χ1n) is 9.62.